The maximum absolute atomic E-state index is 9.06. The second-order valence-corrected chi connectivity index (χ2v) is 2.70. The van der Waals surface area contributed by atoms with Gasteiger partial charge in [-0.3, -0.25) is 0 Å². The SMILES string of the molecule is N[C@@H]1CC[C@H](O)C[C@H]1O. The molecule has 0 aliphatic heterocycles. The number of nitrogens with two attached hydrogens (primary N) is 1. The van der Waals surface area contributed by atoms with Crippen molar-refractivity contribution in [2.24, 2.45) is 5.73 Å². The zero-order chi connectivity index (χ0) is 6.85. The molecule has 0 unspecified atom stereocenters. The van der Waals surface area contributed by atoms with Crippen molar-refractivity contribution in [3.8, 4) is 0 Å². The van der Waals surface area contributed by atoms with Gasteiger partial charge < -0.3 is 15.9 Å². The van der Waals surface area contributed by atoms with Gasteiger partial charge in [-0.15, -0.1) is 0 Å². The summed E-state index contributed by atoms with van der Waals surface area (Å²) in [7, 11) is 0. The van der Waals surface area contributed by atoms with Crippen LogP contribution in [0.1, 0.15) is 19.3 Å². The Labute approximate surface area is 54.5 Å². The predicted octanol–water partition coefficient (Wildman–Crippen LogP) is -0.781. The molecule has 3 nitrogen and oxygen atoms in total. The van der Waals surface area contributed by atoms with Crippen molar-refractivity contribution < 1.29 is 10.2 Å². The van der Waals surface area contributed by atoms with E-state index in [0.29, 0.717) is 6.42 Å². The molecule has 0 aromatic heterocycles. The molecule has 1 rings (SSSR count). The summed E-state index contributed by atoms with van der Waals surface area (Å²) < 4.78 is 0. The van der Waals surface area contributed by atoms with Crippen LogP contribution in [0.5, 0.6) is 0 Å². The van der Waals surface area contributed by atoms with Gasteiger partial charge in [0.1, 0.15) is 0 Å². The Morgan fingerprint density at radius 3 is 2.33 bits per heavy atom. The number of aliphatic hydroxyl groups is 2. The molecule has 0 spiro atoms. The van der Waals surface area contributed by atoms with E-state index in [4.69, 9.17) is 15.9 Å². The molecular weight excluding hydrogens is 118 g/mol. The minimum Gasteiger partial charge on any atom is -0.393 e. The highest BCUT2D eigenvalue weighted by molar-refractivity contribution is 4.81. The van der Waals surface area contributed by atoms with E-state index in [0.717, 1.165) is 12.8 Å². The molecule has 0 heterocycles. The Morgan fingerprint density at radius 2 is 1.89 bits per heavy atom. The first-order valence-corrected chi connectivity index (χ1v) is 3.32. The molecule has 0 saturated heterocycles. The average Bonchev–Trinajstić information content (AvgIpc) is 1.80. The Morgan fingerprint density at radius 1 is 1.22 bits per heavy atom. The normalized spacial score (nSPS) is 45.0. The Hall–Kier alpha value is -0.120. The molecular formula is C6H13NO2. The minimum absolute atomic E-state index is 0.117. The highest BCUT2D eigenvalue weighted by Gasteiger charge is 2.24. The lowest BCUT2D eigenvalue weighted by atomic mass is 9.91. The lowest BCUT2D eigenvalue weighted by Crippen LogP contribution is -2.41. The third-order valence-electron chi connectivity index (χ3n) is 1.84. The molecule has 54 valence electrons. The van der Waals surface area contributed by atoms with Gasteiger partial charge in [0.2, 0.25) is 0 Å². The van der Waals surface area contributed by atoms with E-state index < -0.39 is 6.10 Å². The fourth-order valence-electron chi connectivity index (χ4n) is 1.15. The van der Waals surface area contributed by atoms with Gasteiger partial charge in [-0.05, 0) is 12.8 Å². The molecule has 9 heavy (non-hydrogen) atoms. The quantitative estimate of drug-likeness (QED) is 0.404. The van der Waals surface area contributed by atoms with E-state index in [2.05, 4.69) is 0 Å². The lowest BCUT2D eigenvalue weighted by molar-refractivity contribution is 0.0273. The first kappa shape index (κ1) is 6.99. The van der Waals surface area contributed by atoms with Gasteiger partial charge in [0.05, 0.1) is 12.2 Å². The summed E-state index contributed by atoms with van der Waals surface area (Å²) in [5.74, 6) is 0. The Kier molecular flexibility index (Phi) is 2.05. The molecule has 0 radical (unpaired) electrons. The van der Waals surface area contributed by atoms with Crippen LogP contribution in [0.2, 0.25) is 0 Å². The van der Waals surface area contributed by atoms with Crippen molar-refractivity contribution in [3.05, 3.63) is 0 Å². The van der Waals surface area contributed by atoms with E-state index in [1.807, 2.05) is 0 Å². The van der Waals surface area contributed by atoms with Crippen LogP contribution >= 0.6 is 0 Å². The van der Waals surface area contributed by atoms with Crippen LogP contribution in [0.3, 0.4) is 0 Å². The minimum atomic E-state index is -0.492. The zero-order valence-corrected chi connectivity index (χ0v) is 5.33. The van der Waals surface area contributed by atoms with Gasteiger partial charge in [0.15, 0.2) is 0 Å². The summed E-state index contributed by atoms with van der Waals surface area (Å²) in [5, 5.41) is 18.0. The van der Waals surface area contributed by atoms with Crippen LogP contribution in [0.4, 0.5) is 0 Å². The van der Waals surface area contributed by atoms with Crippen LogP contribution in [-0.2, 0) is 0 Å². The molecule has 1 aliphatic rings. The van der Waals surface area contributed by atoms with E-state index >= 15 is 0 Å². The molecule has 3 atom stereocenters. The average molecular weight is 131 g/mol. The van der Waals surface area contributed by atoms with Crippen LogP contribution in [0.15, 0.2) is 0 Å². The van der Waals surface area contributed by atoms with Crippen molar-refractivity contribution in [2.45, 2.75) is 37.5 Å². The Balaban J connectivity index is 2.35. The standard InChI is InChI=1S/C6H13NO2/c7-5-2-1-4(8)3-6(5)9/h4-6,8-9H,1-3,7H2/t4-,5+,6+/m0/s1. The first-order chi connectivity index (χ1) is 4.20. The maximum atomic E-state index is 9.06. The third-order valence-corrected chi connectivity index (χ3v) is 1.84. The highest BCUT2D eigenvalue weighted by atomic mass is 16.3. The van der Waals surface area contributed by atoms with E-state index in [-0.39, 0.29) is 12.1 Å². The van der Waals surface area contributed by atoms with Gasteiger partial charge in [0, 0.05) is 12.5 Å². The number of hydrogen-bond acceptors (Lipinski definition) is 3. The molecule has 0 aromatic rings. The smallest absolute Gasteiger partial charge is 0.0715 e. The number of rotatable bonds is 0. The van der Waals surface area contributed by atoms with Gasteiger partial charge in [-0.2, -0.15) is 0 Å². The fraction of sp³-hybridized carbons (Fsp3) is 1.00. The van der Waals surface area contributed by atoms with Gasteiger partial charge in [-0.25, -0.2) is 0 Å². The largest absolute Gasteiger partial charge is 0.393 e. The van der Waals surface area contributed by atoms with E-state index in [1.54, 1.807) is 0 Å². The molecule has 3 heteroatoms. The predicted molar refractivity (Wildman–Crippen MR) is 33.8 cm³/mol. The summed E-state index contributed by atoms with van der Waals surface area (Å²) in [6.07, 6.45) is 1.09. The van der Waals surface area contributed by atoms with E-state index in [9.17, 15) is 0 Å². The number of aliphatic hydroxyl groups excluding tert-OH is 2. The topological polar surface area (TPSA) is 66.5 Å². The maximum Gasteiger partial charge on any atom is 0.0715 e. The van der Waals surface area contributed by atoms with Crippen LogP contribution in [-0.4, -0.2) is 28.5 Å². The lowest BCUT2D eigenvalue weighted by Gasteiger charge is -2.27. The fourth-order valence-corrected chi connectivity index (χ4v) is 1.15. The van der Waals surface area contributed by atoms with Gasteiger partial charge in [-0.1, -0.05) is 0 Å². The zero-order valence-electron chi connectivity index (χ0n) is 5.33. The Bertz CT molecular complexity index is 97.1. The van der Waals surface area contributed by atoms with E-state index in [1.165, 1.54) is 0 Å². The highest BCUT2D eigenvalue weighted by Crippen LogP contribution is 2.16. The molecule has 1 fully saturated rings. The summed E-state index contributed by atoms with van der Waals surface area (Å²) in [6.45, 7) is 0. The third kappa shape index (κ3) is 1.64. The molecule has 0 bridgehead atoms. The summed E-state index contributed by atoms with van der Waals surface area (Å²) in [6, 6.07) is -0.117. The number of hydrogen-bond donors (Lipinski definition) is 3. The second kappa shape index (κ2) is 2.64. The van der Waals surface area contributed by atoms with Crippen molar-refractivity contribution >= 4 is 0 Å². The van der Waals surface area contributed by atoms with Crippen molar-refractivity contribution in [1.82, 2.24) is 0 Å². The molecule has 4 N–H and O–H groups in total. The second-order valence-electron chi connectivity index (χ2n) is 2.70. The van der Waals surface area contributed by atoms with Crippen molar-refractivity contribution in [2.75, 3.05) is 0 Å². The first-order valence-electron chi connectivity index (χ1n) is 3.32. The van der Waals surface area contributed by atoms with Crippen LogP contribution < -0.4 is 5.73 Å². The van der Waals surface area contributed by atoms with Crippen LogP contribution in [0.25, 0.3) is 0 Å². The molecule has 1 saturated carbocycles. The molecule has 0 aromatic carbocycles. The summed E-state index contributed by atoms with van der Waals surface area (Å²) in [5.41, 5.74) is 5.48. The monoisotopic (exact) mass is 131 g/mol. The molecule has 1 aliphatic carbocycles. The van der Waals surface area contributed by atoms with Crippen molar-refractivity contribution in [3.63, 3.8) is 0 Å². The molecule has 0 amide bonds. The summed E-state index contributed by atoms with van der Waals surface area (Å²) >= 11 is 0. The van der Waals surface area contributed by atoms with Gasteiger partial charge in [0.25, 0.3) is 0 Å². The van der Waals surface area contributed by atoms with Gasteiger partial charge >= 0.3 is 0 Å². The summed E-state index contributed by atoms with van der Waals surface area (Å²) in [4.78, 5) is 0. The van der Waals surface area contributed by atoms with Crippen molar-refractivity contribution in [1.29, 1.82) is 0 Å². The van der Waals surface area contributed by atoms with Crippen LogP contribution in [0, 0.1) is 0 Å².